The molecule has 0 aromatic heterocycles. The topological polar surface area (TPSA) is 12.0 Å². The average molecular weight is 223 g/mol. The Morgan fingerprint density at radius 2 is 2.20 bits per heavy atom. The molecule has 1 unspecified atom stereocenters. The van der Waals surface area contributed by atoms with Crippen LogP contribution in [0.3, 0.4) is 0 Å². The van der Waals surface area contributed by atoms with Gasteiger partial charge in [0.2, 0.25) is 0 Å². The zero-order valence-corrected chi connectivity index (χ0v) is 10.7. The highest BCUT2D eigenvalue weighted by Gasteiger charge is 2.00. The molecule has 0 saturated heterocycles. The minimum Gasteiger partial charge on any atom is -0.383 e. The van der Waals surface area contributed by atoms with Crippen molar-refractivity contribution in [2.75, 3.05) is 11.6 Å². The van der Waals surface area contributed by atoms with Crippen molar-refractivity contribution in [2.24, 2.45) is 0 Å². The molecule has 2 heteroatoms. The smallest absolute Gasteiger partial charge is 0.0345 e. The van der Waals surface area contributed by atoms with Gasteiger partial charge >= 0.3 is 0 Å². The molecule has 0 aliphatic heterocycles. The summed E-state index contributed by atoms with van der Waals surface area (Å²) in [5, 5.41) is 3.53. The van der Waals surface area contributed by atoms with Gasteiger partial charge in [-0.2, -0.15) is 11.8 Å². The molecular weight excluding hydrogens is 202 g/mol. The van der Waals surface area contributed by atoms with Crippen LogP contribution < -0.4 is 5.32 Å². The largest absolute Gasteiger partial charge is 0.383 e. The molecule has 0 bridgehead atoms. The normalized spacial score (nSPS) is 12.5. The number of benzene rings is 1. The molecule has 0 radical (unpaired) electrons. The lowest BCUT2D eigenvalue weighted by Crippen LogP contribution is -2.14. The lowest BCUT2D eigenvalue weighted by atomic mass is 10.1. The third-order valence-corrected chi connectivity index (χ3v) is 2.99. The fourth-order valence-electron chi connectivity index (χ4n) is 1.71. The van der Waals surface area contributed by atoms with Crippen molar-refractivity contribution in [3.05, 3.63) is 29.8 Å². The minimum absolute atomic E-state index is 0.569. The first-order chi connectivity index (χ1) is 7.26. The number of hydrogen-bond acceptors (Lipinski definition) is 2. The first-order valence-electron chi connectivity index (χ1n) is 5.60. The average Bonchev–Trinajstić information content (AvgIpc) is 2.19. The van der Waals surface area contributed by atoms with Crippen LogP contribution in [-0.4, -0.2) is 12.3 Å². The maximum Gasteiger partial charge on any atom is 0.0345 e. The fourth-order valence-corrected chi connectivity index (χ4v) is 2.22. The van der Waals surface area contributed by atoms with Crippen LogP contribution in [0.25, 0.3) is 0 Å². The predicted molar refractivity (Wildman–Crippen MR) is 71.7 cm³/mol. The molecule has 15 heavy (non-hydrogen) atoms. The summed E-state index contributed by atoms with van der Waals surface area (Å²) in [6, 6.07) is 9.29. The molecule has 1 atom stereocenters. The van der Waals surface area contributed by atoms with Crippen LogP contribution in [0.1, 0.15) is 32.3 Å². The summed E-state index contributed by atoms with van der Waals surface area (Å²) in [6.45, 7) is 4.47. The van der Waals surface area contributed by atoms with Crippen LogP contribution in [0.15, 0.2) is 24.3 Å². The Bertz CT molecular complexity index is 286. The van der Waals surface area contributed by atoms with Gasteiger partial charge in [-0.1, -0.05) is 25.5 Å². The first kappa shape index (κ1) is 12.4. The molecule has 1 N–H and O–H groups in total. The second-order valence-corrected chi connectivity index (χ2v) is 4.83. The van der Waals surface area contributed by atoms with Crippen LogP contribution in [0.5, 0.6) is 0 Å². The minimum atomic E-state index is 0.569. The van der Waals surface area contributed by atoms with Crippen LogP contribution in [-0.2, 0) is 5.75 Å². The highest BCUT2D eigenvalue weighted by atomic mass is 32.2. The zero-order chi connectivity index (χ0) is 11.1. The number of hydrogen-bond donors (Lipinski definition) is 1. The monoisotopic (exact) mass is 223 g/mol. The van der Waals surface area contributed by atoms with Crippen molar-refractivity contribution >= 4 is 17.4 Å². The van der Waals surface area contributed by atoms with Crippen molar-refractivity contribution in [3.8, 4) is 0 Å². The van der Waals surface area contributed by atoms with Gasteiger partial charge in [0.05, 0.1) is 0 Å². The molecule has 0 aliphatic rings. The molecule has 0 saturated carbocycles. The van der Waals surface area contributed by atoms with E-state index in [4.69, 9.17) is 0 Å². The molecule has 0 fully saturated rings. The summed E-state index contributed by atoms with van der Waals surface area (Å²) in [7, 11) is 0. The predicted octanol–water partition coefficient (Wildman–Crippen LogP) is 4.15. The molecule has 1 aromatic rings. The van der Waals surface area contributed by atoms with Gasteiger partial charge in [-0.05, 0) is 37.3 Å². The Kier molecular flexibility index (Phi) is 5.62. The molecule has 0 aliphatic carbocycles. The molecule has 0 amide bonds. The highest BCUT2D eigenvalue weighted by molar-refractivity contribution is 7.97. The van der Waals surface area contributed by atoms with Gasteiger partial charge < -0.3 is 5.32 Å². The van der Waals surface area contributed by atoms with Gasteiger partial charge in [0, 0.05) is 17.5 Å². The molecule has 1 rings (SSSR count). The van der Waals surface area contributed by atoms with E-state index < -0.39 is 0 Å². The molecular formula is C13H21NS. The maximum atomic E-state index is 3.53. The lowest BCUT2D eigenvalue weighted by Gasteiger charge is -2.14. The van der Waals surface area contributed by atoms with E-state index in [0.29, 0.717) is 6.04 Å². The van der Waals surface area contributed by atoms with Gasteiger partial charge in [0.15, 0.2) is 0 Å². The Hall–Kier alpha value is -0.630. The highest BCUT2D eigenvalue weighted by Crippen LogP contribution is 2.16. The molecule has 1 aromatic carbocycles. The molecule has 0 heterocycles. The van der Waals surface area contributed by atoms with Gasteiger partial charge in [0.25, 0.3) is 0 Å². The van der Waals surface area contributed by atoms with E-state index in [1.54, 1.807) is 0 Å². The van der Waals surface area contributed by atoms with Gasteiger partial charge in [0.1, 0.15) is 0 Å². The van der Waals surface area contributed by atoms with Crippen molar-refractivity contribution in [3.63, 3.8) is 0 Å². The van der Waals surface area contributed by atoms with E-state index in [0.717, 1.165) is 5.75 Å². The summed E-state index contributed by atoms with van der Waals surface area (Å²) >= 11 is 1.86. The van der Waals surface area contributed by atoms with Crippen molar-refractivity contribution < 1.29 is 0 Å². The van der Waals surface area contributed by atoms with Gasteiger partial charge in [-0.3, -0.25) is 0 Å². The first-order valence-corrected chi connectivity index (χ1v) is 7.00. The van der Waals surface area contributed by atoms with Crippen molar-refractivity contribution in [1.29, 1.82) is 0 Å². The second-order valence-electron chi connectivity index (χ2n) is 3.97. The summed E-state index contributed by atoms with van der Waals surface area (Å²) in [6.07, 6.45) is 4.60. The Labute approximate surface area is 97.7 Å². The summed E-state index contributed by atoms with van der Waals surface area (Å²) in [5.74, 6) is 1.09. The van der Waals surface area contributed by atoms with E-state index in [2.05, 4.69) is 49.7 Å². The van der Waals surface area contributed by atoms with E-state index >= 15 is 0 Å². The Balaban J connectivity index is 2.56. The van der Waals surface area contributed by atoms with Crippen molar-refractivity contribution in [1.82, 2.24) is 0 Å². The molecule has 1 nitrogen and oxygen atoms in total. The maximum absolute atomic E-state index is 3.53. The van der Waals surface area contributed by atoms with E-state index in [9.17, 15) is 0 Å². The van der Waals surface area contributed by atoms with Gasteiger partial charge in [-0.25, -0.2) is 0 Å². The van der Waals surface area contributed by atoms with E-state index in [1.807, 2.05) is 11.8 Å². The van der Waals surface area contributed by atoms with Crippen LogP contribution in [0.4, 0.5) is 5.69 Å². The number of nitrogens with one attached hydrogen (secondary N) is 1. The van der Waals surface area contributed by atoms with Gasteiger partial charge in [-0.15, -0.1) is 0 Å². The summed E-state index contributed by atoms with van der Waals surface area (Å²) in [4.78, 5) is 0. The number of anilines is 1. The Morgan fingerprint density at radius 1 is 1.40 bits per heavy atom. The lowest BCUT2D eigenvalue weighted by molar-refractivity contribution is 0.690. The van der Waals surface area contributed by atoms with Crippen LogP contribution in [0.2, 0.25) is 0 Å². The summed E-state index contributed by atoms with van der Waals surface area (Å²) < 4.78 is 0. The third-order valence-electron chi connectivity index (χ3n) is 2.37. The SMILES string of the molecule is CCCC(C)Nc1cccc(CSC)c1. The quantitative estimate of drug-likeness (QED) is 0.777. The van der Waals surface area contributed by atoms with E-state index in [-0.39, 0.29) is 0 Å². The number of thioether (sulfide) groups is 1. The second kappa shape index (κ2) is 6.78. The zero-order valence-electron chi connectivity index (χ0n) is 9.92. The standard InChI is InChI=1S/C13H21NS/c1-4-6-11(2)14-13-8-5-7-12(9-13)10-15-3/h5,7-9,11,14H,4,6,10H2,1-3H3. The summed E-state index contributed by atoms with van der Waals surface area (Å²) in [5.41, 5.74) is 2.65. The van der Waals surface area contributed by atoms with Crippen LogP contribution in [0, 0.1) is 0 Å². The molecule has 84 valence electrons. The third kappa shape index (κ3) is 4.61. The van der Waals surface area contributed by atoms with E-state index in [1.165, 1.54) is 24.1 Å². The Morgan fingerprint density at radius 3 is 2.87 bits per heavy atom. The van der Waals surface area contributed by atoms with Crippen molar-refractivity contribution in [2.45, 2.75) is 38.5 Å². The number of rotatable bonds is 6. The molecule has 0 spiro atoms. The fraction of sp³-hybridized carbons (Fsp3) is 0.538. The van der Waals surface area contributed by atoms with Crippen LogP contribution >= 0.6 is 11.8 Å².